The van der Waals surface area contributed by atoms with Crippen LogP contribution in [-0.4, -0.2) is 80.4 Å². The van der Waals surface area contributed by atoms with E-state index in [0.29, 0.717) is 38.3 Å². The maximum Gasteiger partial charge on any atom is 0.573 e. The quantitative estimate of drug-likeness (QED) is 0.344. The average Bonchev–Trinajstić information content (AvgIpc) is 3.07. The largest absolute Gasteiger partial charge is 0.573 e. The van der Waals surface area contributed by atoms with E-state index in [2.05, 4.69) is 14.8 Å². The minimum Gasteiger partial charge on any atom is -0.406 e. The van der Waals surface area contributed by atoms with Crippen molar-refractivity contribution in [2.24, 2.45) is 5.10 Å². The highest BCUT2D eigenvalue weighted by Gasteiger charge is 2.31. The Labute approximate surface area is 192 Å². The van der Waals surface area contributed by atoms with Crippen LogP contribution in [0.15, 0.2) is 35.6 Å². The molecule has 0 unspecified atom stereocenters. The van der Waals surface area contributed by atoms with Gasteiger partial charge in [-0.1, -0.05) is 0 Å². The summed E-state index contributed by atoms with van der Waals surface area (Å²) in [6.45, 7) is 4.37. The predicted octanol–water partition coefficient (Wildman–Crippen LogP) is 2.75. The Balaban J connectivity index is 1.47. The maximum absolute atomic E-state index is 12.2. The molecule has 0 saturated carbocycles. The standard InChI is InChI=1S/C19H22ClF3N6O4/c1-18(30,13-27-11-16(29(31)32)25-17(27)20)12-26-6-8-28(9-7-26)24-10-14-2-4-15(5-3-14)33-19(21,22)23/h2-5,10-11,30H,6-9,12-13H2,1H3/t18-/m0/s1. The Morgan fingerprint density at radius 1 is 1.24 bits per heavy atom. The molecule has 1 fully saturated rings. The van der Waals surface area contributed by atoms with Crippen molar-refractivity contribution >= 4 is 23.6 Å². The number of alkyl halides is 3. The Hall–Kier alpha value is -2.90. The van der Waals surface area contributed by atoms with E-state index in [-0.39, 0.29) is 23.4 Å². The van der Waals surface area contributed by atoms with Gasteiger partial charge in [0, 0.05) is 32.7 Å². The number of aromatic nitrogens is 2. The van der Waals surface area contributed by atoms with Crippen LogP contribution in [0, 0.1) is 10.1 Å². The molecule has 1 atom stereocenters. The first-order valence-electron chi connectivity index (χ1n) is 9.87. The molecule has 1 aliphatic rings. The van der Waals surface area contributed by atoms with Crippen molar-refractivity contribution in [3.8, 4) is 5.75 Å². The molecule has 1 aliphatic heterocycles. The highest BCUT2D eigenvalue weighted by atomic mass is 35.5. The van der Waals surface area contributed by atoms with E-state index in [1.54, 1.807) is 13.1 Å². The van der Waals surface area contributed by atoms with Crippen molar-refractivity contribution in [1.29, 1.82) is 0 Å². The second-order valence-electron chi connectivity index (χ2n) is 7.84. The Bertz CT molecular complexity index is 988. The molecule has 1 N–H and O–H groups in total. The number of ether oxygens (including phenoxy) is 1. The molecule has 0 aliphatic carbocycles. The summed E-state index contributed by atoms with van der Waals surface area (Å²) >= 11 is 5.92. The van der Waals surface area contributed by atoms with Crippen LogP contribution >= 0.6 is 11.6 Å². The molecule has 1 saturated heterocycles. The van der Waals surface area contributed by atoms with Crippen LogP contribution in [0.3, 0.4) is 0 Å². The summed E-state index contributed by atoms with van der Waals surface area (Å²) < 4.78 is 41.8. The van der Waals surface area contributed by atoms with Gasteiger partial charge in [-0.2, -0.15) is 5.10 Å². The smallest absolute Gasteiger partial charge is 0.406 e. The first-order chi connectivity index (χ1) is 15.4. The van der Waals surface area contributed by atoms with Gasteiger partial charge in [-0.15, -0.1) is 13.2 Å². The van der Waals surface area contributed by atoms with Gasteiger partial charge >= 0.3 is 17.5 Å². The van der Waals surface area contributed by atoms with Gasteiger partial charge < -0.3 is 20.0 Å². The molecule has 10 nitrogen and oxygen atoms in total. The molecule has 2 heterocycles. The molecule has 0 spiro atoms. The number of imidazole rings is 1. The average molecular weight is 491 g/mol. The third-order valence-electron chi connectivity index (χ3n) is 4.81. The molecule has 0 bridgehead atoms. The van der Waals surface area contributed by atoms with E-state index in [1.165, 1.54) is 35.0 Å². The van der Waals surface area contributed by atoms with Crippen molar-refractivity contribution in [2.45, 2.75) is 25.4 Å². The zero-order valence-electron chi connectivity index (χ0n) is 17.6. The molecular formula is C19H22ClF3N6O4. The number of benzene rings is 1. The lowest BCUT2D eigenvalue weighted by Crippen LogP contribution is -2.51. The zero-order chi connectivity index (χ0) is 24.2. The third-order valence-corrected chi connectivity index (χ3v) is 5.11. The van der Waals surface area contributed by atoms with Crippen LogP contribution < -0.4 is 4.74 Å². The lowest BCUT2D eigenvalue weighted by atomic mass is 10.1. The van der Waals surface area contributed by atoms with E-state index in [1.807, 2.05) is 9.91 Å². The molecule has 33 heavy (non-hydrogen) atoms. The summed E-state index contributed by atoms with van der Waals surface area (Å²) in [4.78, 5) is 15.9. The topological polar surface area (TPSA) is 109 Å². The highest BCUT2D eigenvalue weighted by Crippen LogP contribution is 2.23. The number of piperazine rings is 1. The number of hydrogen-bond acceptors (Lipinski definition) is 8. The van der Waals surface area contributed by atoms with E-state index in [9.17, 15) is 28.4 Å². The highest BCUT2D eigenvalue weighted by molar-refractivity contribution is 6.28. The Morgan fingerprint density at radius 2 is 1.88 bits per heavy atom. The number of rotatable bonds is 8. The molecule has 14 heteroatoms. The van der Waals surface area contributed by atoms with Crippen LogP contribution in [0.1, 0.15) is 12.5 Å². The number of hydrazone groups is 1. The van der Waals surface area contributed by atoms with Crippen molar-refractivity contribution in [3.63, 3.8) is 0 Å². The van der Waals surface area contributed by atoms with Crippen LogP contribution in [0.25, 0.3) is 0 Å². The van der Waals surface area contributed by atoms with Gasteiger partial charge in [0.05, 0.1) is 18.4 Å². The van der Waals surface area contributed by atoms with Gasteiger partial charge in [-0.25, -0.2) is 0 Å². The number of nitro groups is 1. The van der Waals surface area contributed by atoms with E-state index < -0.39 is 16.9 Å². The number of β-amino-alcohol motifs (C(OH)–C–C–N with tert-alkyl or cyclic N) is 1. The number of halogens is 4. The van der Waals surface area contributed by atoms with Crippen molar-refractivity contribution in [1.82, 2.24) is 19.5 Å². The fourth-order valence-corrected chi connectivity index (χ4v) is 3.59. The minimum atomic E-state index is -4.73. The van der Waals surface area contributed by atoms with E-state index >= 15 is 0 Å². The van der Waals surface area contributed by atoms with Gasteiger partial charge in [-0.05, 0) is 58.3 Å². The van der Waals surface area contributed by atoms with E-state index in [0.717, 1.165) is 0 Å². The van der Waals surface area contributed by atoms with Crippen molar-refractivity contribution in [3.05, 3.63) is 51.4 Å². The minimum absolute atomic E-state index is 0.0408. The number of nitrogens with zero attached hydrogens (tertiary/aromatic N) is 6. The van der Waals surface area contributed by atoms with Crippen LogP contribution in [0.4, 0.5) is 19.0 Å². The van der Waals surface area contributed by atoms with Crippen molar-refractivity contribution in [2.75, 3.05) is 32.7 Å². The molecule has 1 aromatic heterocycles. The van der Waals surface area contributed by atoms with Gasteiger partial charge in [0.15, 0.2) is 0 Å². The lowest BCUT2D eigenvalue weighted by Gasteiger charge is -2.37. The van der Waals surface area contributed by atoms with Crippen LogP contribution in [-0.2, 0) is 6.54 Å². The summed E-state index contributed by atoms with van der Waals surface area (Å²) in [7, 11) is 0. The molecule has 2 aromatic rings. The fourth-order valence-electron chi connectivity index (χ4n) is 3.39. The van der Waals surface area contributed by atoms with Gasteiger partial charge in [-0.3, -0.25) is 14.5 Å². The summed E-state index contributed by atoms with van der Waals surface area (Å²) in [6.07, 6.45) is -1.99. The second-order valence-corrected chi connectivity index (χ2v) is 8.18. The maximum atomic E-state index is 12.2. The molecular weight excluding hydrogens is 469 g/mol. The summed E-state index contributed by atoms with van der Waals surface area (Å²) in [6, 6.07) is 5.39. The van der Waals surface area contributed by atoms with Gasteiger partial charge in [0.25, 0.3) is 0 Å². The molecule has 3 rings (SSSR count). The lowest BCUT2D eigenvalue weighted by molar-refractivity contribution is -0.389. The van der Waals surface area contributed by atoms with Crippen LogP contribution in [0.2, 0.25) is 5.28 Å². The number of aliphatic hydroxyl groups is 1. The molecule has 0 radical (unpaired) electrons. The summed E-state index contributed by atoms with van der Waals surface area (Å²) in [5.41, 5.74) is -0.578. The van der Waals surface area contributed by atoms with Gasteiger partial charge in [0.2, 0.25) is 0 Å². The molecule has 0 amide bonds. The molecule has 1 aromatic carbocycles. The first kappa shape index (κ1) is 24.7. The van der Waals surface area contributed by atoms with Crippen molar-refractivity contribution < 1.29 is 27.9 Å². The summed E-state index contributed by atoms with van der Waals surface area (Å²) in [5.74, 6) is -0.684. The fraction of sp³-hybridized carbons (Fsp3) is 0.474. The monoisotopic (exact) mass is 490 g/mol. The normalized spacial score (nSPS) is 17.3. The Kier molecular flexibility index (Phi) is 7.44. The SMILES string of the molecule is C[C@](O)(CN1CCN(N=Cc2ccc(OC(F)(F)F)cc2)CC1)Cn1cc([N+](=O)[O-])nc1Cl. The van der Waals surface area contributed by atoms with Gasteiger partial charge in [0.1, 0.15) is 11.9 Å². The third kappa shape index (κ3) is 7.58. The number of hydrogen-bond donors (Lipinski definition) is 1. The Morgan fingerprint density at radius 3 is 2.42 bits per heavy atom. The molecule has 180 valence electrons. The first-order valence-corrected chi connectivity index (χ1v) is 10.2. The second kappa shape index (κ2) is 9.93. The van der Waals surface area contributed by atoms with Crippen LogP contribution in [0.5, 0.6) is 5.75 Å². The summed E-state index contributed by atoms with van der Waals surface area (Å²) in [5, 5.41) is 27.7. The predicted molar refractivity (Wildman–Crippen MR) is 113 cm³/mol. The van der Waals surface area contributed by atoms with E-state index in [4.69, 9.17) is 11.6 Å². The zero-order valence-corrected chi connectivity index (χ0v) is 18.3.